The molecule has 0 radical (unpaired) electrons. The number of carbonyl (C=O) groups excluding carboxylic acids is 5. The monoisotopic (exact) mass is 680 g/mol. The molecule has 5 atom stereocenters. The first-order chi connectivity index (χ1) is 23.2. The number of Topliss-reactive ketones (excluding diaryl/α,β-unsaturated/α-hetero) is 1. The Kier molecular flexibility index (Phi) is 11.3. The molecule has 1 aliphatic carbocycles. The Morgan fingerprint density at radius 1 is 1.00 bits per heavy atom. The number of aromatic nitrogens is 2. The number of carbonyl (C=O) groups is 5. The van der Waals surface area contributed by atoms with E-state index in [1.807, 2.05) is 49.9 Å². The first-order valence-corrected chi connectivity index (χ1v) is 17.6. The maximum atomic E-state index is 14.1. The minimum absolute atomic E-state index is 0.0362. The third-order valence-corrected chi connectivity index (χ3v) is 9.76. The van der Waals surface area contributed by atoms with Crippen molar-refractivity contribution >= 4 is 40.6 Å². The molecule has 1 saturated carbocycles. The predicted octanol–water partition coefficient (Wildman–Crippen LogP) is 3.81. The smallest absolute Gasteiger partial charge is 0.410 e. The zero-order chi connectivity index (χ0) is 35.5. The molecule has 1 aromatic carbocycles. The van der Waals surface area contributed by atoms with Gasteiger partial charge in [-0.1, -0.05) is 26.0 Å². The number of benzene rings is 1. The van der Waals surface area contributed by atoms with Gasteiger partial charge in [-0.2, -0.15) is 0 Å². The number of fused-ring (bicyclic) bond motifs is 1. The summed E-state index contributed by atoms with van der Waals surface area (Å²) in [5.74, 6) is 0.113. The average molecular weight is 681 g/mol. The van der Waals surface area contributed by atoms with Gasteiger partial charge in [-0.25, -0.2) is 9.78 Å². The maximum Gasteiger partial charge on any atom is 0.410 e. The van der Waals surface area contributed by atoms with Crippen LogP contribution >= 0.6 is 0 Å². The van der Waals surface area contributed by atoms with Crippen LogP contribution in [0.1, 0.15) is 77.8 Å². The number of amides is 4. The summed E-state index contributed by atoms with van der Waals surface area (Å²) in [4.78, 5) is 73.2. The zero-order valence-corrected chi connectivity index (χ0v) is 29.7. The van der Waals surface area contributed by atoms with Crippen molar-refractivity contribution in [1.82, 2.24) is 30.2 Å². The number of rotatable bonds is 10. The first kappa shape index (κ1) is 36.3. The molecular formula is C36H52N6O7. The van der Waals surface area contributed by atoms with Gasteiger partial charge in [0.2, 0.25) is 17.7 Å². The lowest BCUT2D eigenvalue weighted by molar-refractivity contribution is -0.142. The van der Waals surface area contributed by atoms with E-state index in [-0.39, 0.29) is 72.5 Å². The molecule has 3 aliphatic rings. The summed E-state index contributed by atoms with van der Waals surface area (Å²) in [5, 5.41) is 0. The highest BCUT2D eigenvalue weighted by Crippen LogP contribution is 2.58. The second-order valence-electron chi connectivity index (χ2n) is 15.2. The molecule has 2 aromatic rings. The molecule has 49 heavy (non-hydrogen) atoms. The molecule has 2 saturated heterocycles. The minimum atomic E-state index is -0.668. The van der Waals surface area contributed by atoms with Gasteiger partial charge in [-0.3, -0.25) is 30.0 Å². The molecule has 13 nitrogen and oxygen atoms in total. The molecule has 4 amide bonds. The Bertz CT molecular complexity index is 1540. The average Bonchev–Trinajstić information content (AvgIpc) is 3.56. The molecule has 2 aliphatic heterocycles. The van der Waals surface area contributed by atoms with E-state index in [1.54, 1.807) is 9.47 Å². The van der Waals surface area contributed by atoms with E-state index in [0.717, 1.165) is 11.9 Å². The quantitative estimate of drug-likeness (QED) is 0.284. The van der Waals surface area contributed by atoms with Gasteiger partial charge in [0.25, 0.3) is 0 Å². The van der Waals surface area contributed by atoms with Crippen LogP contribution < -0.4 is 10.9 Å². The number of para-hydroxylation sites is 2. The van der Waals surface area contributed by atoms with Gasteiger partial charge in [0.15, 0.2) is 11.6 Å². The topological polar surface area (TPSA) is 152 Å². The number of hydrazine groups is 1. The van der Waals surface area contributed by atoms with Crippen molar-refractivity contribution in [2.24, 2.45) is 35.5 Å². The Balaban J connectivity index is 1.36. The fourth-order valence-electron chi connectivity index (χ4n) is 7.70. The van der Waals surface area contributed by atoms with Gasteiger partial charge in [0.05, 0.1) is 30.2 Å². The number of piperidine rings is 1. The Morgan fingerprint density at radius 2 is 1.71 bits per heavy atom. The SMILES string of the molecule is CC(=O)NNC(=O)CCn1c(C(=O)C[C@@H]2C(CC(C)C)C2[C@H]2C[C@@H](C(=O)N3CCOCC3)CN(C(=O)OC(C)(C)C)C2)nc2ccccc21. The standard InChI is InChI=1S/C36H52N6O7/c1-22(2)17-26-27(19-30(44)33-37-28-9-7-8-10-29(28)42(33)12-11-31(45)39-38-23(3)43)32(26)24-18-25(34(46)40-13-15-48-16-14-40)21-41(20-24)35(47)49-36(4,5)6/h7-10,22,24-27,32H,11-21H2,1-6H3,(H,38,43)(H,39,45)/t24-,25+,26?,27+,32?/m0/s1. The molecule has 0 spiro atoms. The molecule has 5 rings (SSSR count). The lowest BCUT2D eigenvalue weighted by Crippen LogP contribution is -2.52. The summed E-state index contributed by atoms with van der Waals surface area (Å²) < 4.78 is 13.1. The van der Waals surface area contributed by atoms with E-state index in [1.165, 1.54) is 6.92 Å². The molecule has 268 valence electrons. The van der Waals surface area contributed by atoms with Gasteiger partial charge < -0.3 is 23.8 Å². The number of aryl methyl sites for hydroxylation is 1. The summed E-state index contributed by atoms with van der Waals surface area (Å²) in [7, 11) is 0. The van der Waals surface area contributed by atoms with Gasteiger partial charge in [-0.05, 0) is 75.3 Å². The summed E-state index contributed by atoms with van der Waals surface area (Å²) in [6.45, 7) is 14.3. The van der Waals surface area contributed by atoms with E-state index in [0.29, 0.717) is 63.1 Å². The molecule has 2 unspecified atom stereocenters. The van der Waals surface area contributed by atoms with Crippen molar-refractivity contribution in [3.63, 3.8) is 0 Å². The van der Waals surface area contributed by atoms with Crippen LogP contribution in [0.2, 0.25) is 0 Å². The van der Waals surface area contributed by atoms with E-state index in [2.05, 4.69) is 24.7 Å². The highest BCUT2D eigenvalue weighted by molar-refractivity contribution is 5.97. The fourth-order valence-corrected chi connectivity index (χ4v) is 7.70. The van der Waals surface area contributed by atoms with E-state index in [9.17, 15) is 24.0 Å². The summed E-state index contributed by atoms with van der Waals surface area (Å²) >= 11 is 0. The van der Waals surface area contributed by atoms with Gasteiger partial charge in [-0.15, -0.1) is 0 Å². The second-order valence-corrected chi connectivity index (χ2v) is 15.2. The summed E-state index contributed by atoms with van der Waals surface area (Å²) in [5.41, 5.74) is 5.44. The number of likely N-dealkylation sites (tertiary alicyclic amines) is 1. The van der Waals surface area contributed by atoms with Gasteiger partial charge >= 0.3 is 6.09 Å². The van der Waals surface area contributed by atoms with Gasteiger partial charge in [0.1, 0.15) is 5.60 Å². The third-order valence-electron chi connectivity index (χ3n) is 9.76. The Labute approximate surface area is 288 Å². The van der Waals surface area contributed by atoms with Crippen LogP contribution in [0.25, 0.3) is 11.0 Å². The van der Waals surface area contributed by atoms with Crippen molar-refractivity contribution in [1.29, 1.82) is 0 Å². The van der Waals surface area contributed by atoms with Crippen LogP contribution in [0.15, 0.2) is 24.3 Å². The van der Waals surface area contributed by atoms with E-state index in [4.69, 9.17) is 14.5 Å². The van der Waals surface area contributed by atoms with Crippen LogP contribution in [0.3, 0.4) is 0 Å². The second kappa shape index (κ2) is 15.3. The third kappa shape index (κ3) is 9.17. The Morgan fingerprint density at radius 3 is 2.39 bits per heavy atom. The normalized spacial score (nSPS) is 24.1. The van der Waals surface area contributed by atoms with Crippen molar-refractivity contribution in [2.45, 2.75) is 79.4 Å². The van der Waals surface area contributed by atoms with E-state index >= 15 is 0 Å². The Hall–Kier alpha value is -4.00. The number of nitrogens with one attached hydrogen (secondary N) is 2. The lowest BCUT2D eigenvalue weighted by atomic mass is 9.83. The highest BCUT2D eigenvalue weighted by atomic mass is 16.6. The minimum Gasteiger partial charge on any atom is -0.444 e. The highest BCUT2D eigenvalue weighted by Gasteiger charge is 2.56. The van der Waals surface area contributed by atoms with Crippen molar-refractivity contribution in [3.05, 3.63) is 30.1 Å². The van der Waals surface area contributed by atoms with Crippen LogP contribution in [0.4, 0.5) is 4.79 Å². The lowest BCUT2D eigenvalue weighted by Gasteiger charge is -2.40. The number of ether oxygens (including phenoxy) is 2. The van der Waals surface area contributed by atoms with Gasteiger partial charge in [0, 0.05) is 52.5 Å². The van der Waals surface area contributed by atoms with Crippen molar-refractivity contribution in [3.8, 4) is 0 Å². The first-order valence-electron chi connectivity index (χ1n) is 17.6. The fraction of sp³-hybridized carbons (Fsp3) is 0.667. The van der Waals surface area contributed by atoms with Crippen LogP contribution in [-0.2, 0) is 30.4 Å². The predicted molar refractivity (Wildman–Crippen MR) is 182 cm³/mol. The molecule has 1 aromatic heterocycles. The number of imidazole rings is 1. The van der Waals surface area contributed by atoms with Crippen LogP contribution in [-0.4, -0.2) is 93.9 Å². The molecule has 13 heteroatoms. The van der Waals surface area contributed by atoms with Crippen LogP contribution in [0, 0.1) is 35.5 Å². The zero-order valence-electron chi connectivity index (χ0n) is 29.7. The van der Waals surface area contributed by atoms with Crippen LogP contribution in [0.5, 0.6) is 0 Å². The molecular weight excluding hydrogens is 628 g/mol. The molecule has 2 N–H and O–H groups in total. The van der Waals surface area contributed by atoms with E-state index < -0.39 is 11.7 Å². The maximum absolute atomic E-state index is 14.1. The molecule has 3 fully saturated rings. The number of nitrogens with zero attached hydrogens (tertiary/aromatic N) is 4. The van der Waals surface area contributed by atoms with Crippen molar-refractivity contribution < 1.29 is 33.4 Å². The number of morpholine rings is 1. The summed E-state index contributed by atoms with van der Waals surface area (Å²) in [6.07, 6.45) is 1.51. The molecule has 3 heterocycles. The molecule has 0 bridgehead atoms. The number of hydrogen-bond acceptors (Lipinski definition) is 8. The number of hydrogen-bond donors (Lipinski definition) is 2. The van der Waals surface area contributed by atoms with Crippen molar-refractivity contribution in [2.75, 3.05) is 39.4 Å². The summed E-state index contributed by atoms with van der Waals surface area (Å²) in [6, 6.07) is 7.46. The number of ketones is 1. The largest absolute Gasteiger partial charge is 0.444 e.